The molecule has 0 atom stereocenters. The van der Waals surface area contributed by atoms with Crippen LogP contribution < -0.4 is 10.2 Å². The van der Waals surface area contributed by atoms with Crippen molar-refractivity contribution in [2.45, 2.75) is 25.6 Å². The maximum absolute atomic E-state index is 9.95. The minimum absolute atomic E-state index is 0.288. The number of hydrogen-bond acceptors (Lipinski definition) is 8. The summed E-state index contributed by atoms with van der Waals surface area (Å²) >= 11 is 0. The second kappa shape index (κ2) is 7.89. The number of aliphatic hydroxyl groups is 2. The Kier molecular flexibility index (Phi) is 5.03. The van der Waals surface area contributed by atoms with E-state index in [0.717, 1.165) is 28.0 Å². The summed E-state index contributed by atoms with van der Waals surface area (Å²) in [5, 5.41) is 22.7. The molecule has 1 fully saturated rings. The standard InChI is InChI=1S/C24H25N5O3/c1-24(2,31)14-28-21-9-16(4-6-26-21)20-11-19-23(32-20)18(5-8-25-19)15-3-7-27-22(10-15)29-12-17(30)13-29/h3-11,17,30-31H,12-14H2,1-2H3,(H,26,28). The first kappa shape index (κ1) is 20.4. The summed E-state index contributed by atoms with van der Waals surface area (Å²) in [6.45, 7) is 5.06. The van der Waals surface area contributed by atoms with Gasteiger partial charge < -0.3 is 24.8 Å². The van der Waals surface area contributed by atoms with E-state index in [2.05, 4.69) is 20.3 Å². The Morgan fingerprint density at radius 2 is 1.78 bits per heavy atom. The van der Waals surface area contributed by atoms with E-state index in [4.69, 9.17) is 4.42 Å². The molecule has 1 saturated heterocycles. The molecule has 4 aromatic heterocycles. The van der Waals surface area contributed by atoms with Gasteiger partial charge in [0.2, 0.25) is 0 Å². The van der Waals surface area contributed by atoms with Crippen LogP contribution in [0.15, 0.2) is 59.4 Å². The highest BCUT2D eigenvalue weighted by Gasteiger charge is 2.25. The highest BCUT2D eigenvalue weighted by atomic mass is 16.3. The summed E-state index contributed by atoms with van der Waals surface area (Å²) in [6, 6.07) is 11.6. The molecule has 1 aliphatic rings. The molecule has 0 unspecified atom stereocenters. The molecule has 0 aliphatic carbocycles. The predicted octanol–water partition coefficient (Wildman–Crippen LogP) is 3.32. The largest absolute Gasteiger partial charge is 0.454 e. The van der Waals surface area contributed by atoms with Crippen molar-refractivity contribution in [2.75, 3.05) is 29.9 Å². The highest BCUT2D eigenvalue weighted by molar-refractivity contribution is 5.92. The molecule has 32 heavy (non-hydrogen) atoms. The average molecular weight is 431 g/mol. The number of furan rings is 1. The molecule has 4 aromatic rings. The van der Waals surface area contributed by atoms with Crippen LogP contribution in [0, 0.1) is 0 Å². The van der Waals surface area contributed by atoms with Crippen LogP contribution in [0.3, 0.4) is 0 Å². The first-order valence-electron chi connectivity index (χ1n) is 10.6. The van der Waals surface area contributed by atoms with E-state index in [0.29, 0.717) is 36.8 Å². The van der Waals surface area contributed by atoms with Crippen molar-refractivity contribution >= 4 is 22.7 Å². The summed E-state index contributed by atoms with van der Waals surface area (Å²) in [5.41, 5.74) is 3.40. The monoisotopic (exact) mass is 431 g/mol. The molecule has 0 bridgehead atoms. The van der Waals surface area contributed by atoms with E-state index in [1.807, 2.05) is 41.3 Å². The molecule has 0 saturated carbocycles. The number of aliphatic hydroxyl groups excluding tert-OH is 1. The van der Waals surface area contributed by atoms with Crippen LogP contribution in [0.5, 0.6) is 0 Å². The minimum atomic E-state index is -0.840. The van der Waals surface area contributed by atoms with Gasteiger partial charge in [-0.3, -0.25) is 4.98 Å². The normalized spacial score (nSPS) is 14.6. The van der Waals surface area contributed by atoms with Gasteiger partial charge in [0.1, 0.15) is 22.9 Å². The van der Waals surface area contributed by atoms with Crippen LogP contribution in [0.2, 0.25) is 0 Å². The van der Waals surface area contributed by atoms with Crippen molar-refractivity contribution in [3.05, 3.63) is 55.0 Å². The summed E-state index contributed by atoms with van der Waals surface area (Å²) in [4.78, 5) is 15.3. The molecule has 0 aromatic carbocycles. The summed E-state index contributed by atoms with van der Waals surface area (Å²) in [5.74, 6) is 2.18. The zero-order valence-corrected chi connectivity index (χ0v) is 18.0. The number of hydrogen-bond donors (Lipinski definition) is 3. The topological polar surface area (TPSA) is 108 Å². The summed E-state index contributed by atoms with van der Waals surface area (Å²) in [7, 11) is 0. The zero-order chi connectivity index (χ0) is 22.3. The van der Waals surface area contributed by atoms with Crippen molar-refractivity contribution in [1.29, 1.82) is 0 Å². The predicted molar refractivity (Wildman–Crippen MR) is 123 cm³/mol. The van der Waals surface area contributed by atoms with Crippen molar-refractivity contribution in [3.8, 4) is 22.5 Å². The Hall–Kier alpha value is -3.49. The molecule has 0 amide bonds. The van der Waals surface area contributed by atoms with E-state index in [1.165, 1.54) is 0 Å². The lowest BCUT2D eigenvalue weighted by atomic mass is 10.1. The second-order valence-electron chi connectivity index (χ2n) is 8.74. The van der Waals surface area contributed by atoms with Gasteiger partial charge in [-0.25, -0.2) is 9.97 Å². The highest BCUT2D eigenvalue weighted by Crippen LogP contribution is 2.35. The molecule has 0 radical (unpaired) electrons. The number of fused-ring (bicyclic) bond motifs is 1. The van der Waals surface area contributed by atoms with Crippen molar-refractivity contribution in [3.63, 3.8) is 0 Å². The second-order valence-corrected chi connectivity index (χ2v) is 8.74. The smallest absolute Gasteiger partial charge is 0.161 e. The van der Waals surface area contributed by atoms with E-state index in [9.17, 15) is 10.2 Å². The first-order valence-corrected chi connectivity index (χ1v) is 10.6. The van der Waals surface area contributed by atoms with Crippen LogP contribution in [-0.2, 0) is 0 Å². The van der Waals surface area contributed by atoms with Gasteiger partial charge in [-0.1, -0.05) is 0 Å². The van der Waals surface area contributed by atoms with E-state index < -0.39 is 5.60 Å². The molecular weight excluding hydrogens is 406 g/mol. The number of nitrogens with one attached hydrogen (secondary N) is 1. The van der Waals surface area contributed by atoms with Gasteiger partial charge in [-0.2, -0.15) is 0 Å². The van der Waals surface area contributed by atoms with Crippen LogP contribution >= 0.6 is 0 Å². The number of rotatable bonds is 6. The molecular formula is C24H25N5O3. The summed E-state index contributed by atoms with van der Waals surface area (Å²) < 4.78 is 6.26. The van der Waals surface area contributed by atoms with Crippen LogP contribution in [-0.4, -0.2) is 56.5 Å². The van der Waals surface area contributed by atoms with Gasteiger partial charge in [0.25, 0.3) is 0 Å². The Bertz CT molecular complexity index is 1260. The van der Waals surface area contributed by atoms with Gasteiger partial charge in [-0.15, -0.1) is 0 Å². The lowest BCUT2D eigenvalue weighted by Crippen LogP contribution is -2.51. The van der Waals surface area contributed by atoms with Gasteiger partial charge in [-0.05, 0) is 49.7 Å². The summed E-state index contributed by atoms with van der Waals surface area (Å²) in [6.07, 6.45) is 4.96. The lowest BCUT2D eigenvalue weighted by molar-refractivity contribution is 0.0944. The third kappa shape index (κ3) is 4.15. The quantitative estimate of drug-likeness (QED) is 0.427. The zero-order valence-electron chi connectivity index (χ0n) is 18.0. The van der Waals surface area contributed by atoms with Crippen molar-refractivity contribution < 1.29 is 14.6 Å². The maximum atomic E-state index is 9.95. The molecule has 164 valence electrons. The van der Waals surface area contributed by atoms with E-state index >= 15 is 0 Å². The van der Waals surface area contributed by atoms with Crippen LogP contribution in [0.25, 0.3) is 33.6 Å². The molecule has 3 N–H and O–H groups in total. The number of nitrogens with zero attached hydrogens (tertiary/aromatic N) is 4. The van der Waals surface area contributed by atoms with Crippen LogP contribution in [0.1, 0.15) is 13.8 Å². The number of β-amino-alcohol motifs (C(OH)–C–C–N with tert-alkyl or cyclic N) is 1. The average Bonchev–Trinajstić information content (AvgIpc) is 3.20. The fourth-order valence-corrected chi connectivity index (χ4v) is 3.70. The molecule has 8 nitrogen and oxygen atoms in total. The Balaban J connectivity index is 1.48. The fourth-order valence-electron chi connectivity index (χ4n) is 3.70. The van der Waals surface area contributed by atoms with Gasteiger partial charge in [0.05, 0.1) is 11.7 Å². The third-order valence-electron chi connectivity index (χ3n) is 5.40. The molecule has 5 heterocycles. The molecule has 0 spiro atoms. The number of aromatic nitrogens is 3. The van der Waals surface area contributed by atoms with E-state index in [-0.39, 0.29) is 6.10 Å². The first-order chi connectivity index (χ1) is 15.4. The lowest BCUT2D eigenvalue weighted by Gasteiger charge is -2.36. The third-order valence-corrected chi connectivity index (χ3v) is 5.40. The number of pyridine rings is 3. The Morgan fingerprint density at radius 1 is 1.03 bits per heavy atom. The molecule has 5 rings (SSSR count). The van der Waals surface area contributed by atoms with Crippen molar-refractivity contribution in [1.82, 2.24) is 15.0 Å². The van der Waals surface area contributed by atoms with E-state index in [1.54, 1.807) is 32.4 Å². The number of anilines is 2. The molecule has 1 aliphatic heterocycles. The molecule has 8 heteroatoms. The SMILES string of the molecule is CC(C)(O)CNc1cc(-c2cc3nccc(-c4ccnc(N5CC(O)C5)c4)c3o2)ccn1. The van der Waals surface area contributed by atoms with Gasteiger partial charge >= 0.3 is 0 Å². The van der Waals surface area contributed by atoms with Gasteiger partial charge in [0.15, 0.2) is 5.58 Å². The van der Waals surface area contributed by atoms with Crippen LogP contribution in [0.4, 0.5) is 11.6 Å². The van der Waals surface area contributed by atoms with Crippen molar-refractivity contribution in [2.24, 2.45) is 0 Å². The Morgan fingerprint density at radius 3 is 2.56 bits per heavy atom. The van der Waals surface area contributed by atoms with Gasteiger partial charge in [0, 0.05) is 55.4 Å². The Labute approximate surface area is 185 Å². The fraction of sp³-hybridized carbons (Fsp3) is 0.292. The minimum Gasteiger partial charge on any atom is -0.454 e. The maximum Gasteiger partial charge on any atom is 0.161 e.